The van der Waals surface area contributed by atoms with E-state index >= 15 is 0 Å². The van der Waals surface area contributed by atoms with Crippen LogP contribution in [0, 0.1) is 5.41 Å². The molecule has 0 saturated carbocycles. The standard InChI is InChI=1S/C18H31NO2/c1-8-21-15-10-9-14(11-16(15)20-7)12-19-18(5,6)13-17(2,3)4/h9-11,19H,8,12-13H2,1-7H3. The van der Waals surface area contributed by atoms with E-state index in [1.807, 2.05) is 19.1 Å². The van der Waals surface area contributed by atoms with Crippen LogP contribution in [-0.2, 0) is 6.54 Å². The summed E-state index contributed by atoms with van der Waals surface area (Å²) >= 11 is 0. The Bertz CT molecular complexity index is 447. The van der Waals surface area contributed by atoms with Crippen molar-refractivity contribution in [2.45, 2.75) is 60.0 Å². The Hall–Kier alpha value is -1.22. The van der Waals surface area contributed by atoms with Crippen LogP contribution in [0.2, 0.25) is 0 Å². The molecule has 0 amide bonds. The molecule has 120 valence electrons. The van der Waals surface area contributed by atoms with Crippen LogP contribution in [0.3, 0.4) is 0 Å². The van der Waals surface area contributed by atoms with Crippen molar-refractivity contribution in [1.82, 2.24) is 5.32 Å². The van der Waals surface area contributed by atoms with Crippen LogP contribution in [0.1, 0.15) is 53.5 Å². The molecule has 1 N–H and O–H groups in total. The monoisotopic (exact) mass is 293 g/mol. The fraction of sp³-hybridized carbons (Fsp3) is 0.667. The van der Waals surface area contributed by atoms with Gasteiger partial charge in [0.2, 0.25) is 0 Å². The van der Waals surface area contributed by atoms with Gasteiger partial charge in [0.25, 0.3) is 0 Å². The first-order valence-corrected chi connectivity index (χ1v) is 7.71. The smallest absolute Gasteiger partial charge is 0.161 e. The van der Waals surface area contributed by atoms with Gasteiger partial charge >= 0.3 is 0 Å². The van der Waals surface area contributed by atoms with E-state index in [0.29, 0.717) is 12.0 Å². The van der Waals surface area contributed by atoms with Crippen molar-refractivity contribution in [3.8, 4) is 11.5 Å². The zero-order valence-electron chi connectivity index (χ0n) is 14.7. The van der Waals surface area contributed by atoms with E-state index in [0.717, 1.165) is 24.5 Å². The summed E-state index contributed by atoms with van der Waals surface area (Å²) in [6.07, 6.45) is 1.12. The fourth-order valence-electron chi connectivity index (χ4n) is 2.83. The molecule has 0 bridgehead atoms. The van der Waals surface area contributed by atoms with Crippen molar-refractivity contribution >= 4 is 0 Å². The summed E-state index contributed by atoms with van der Waals surface area (Å²) in [6, 6.07) is 6.12. The van der Waals surface area contributed by atoms with Gasteiger partial charge in [0.05, 0.1) is 13.7 Å². The van der Waals surface area contributed by atoms with E-state index in [1.54, 1.807) is 7.11 Å². The molecular weight excluding hydrogens is 262 g/mol. The predicted molar refractivity (Wildman–Crippen MR) is 89.2 cm³/mol. The largest absolute Gasteiger partial charge is 0.493 e. The molecule has 0 heterocycles. The lowest BCUT2D eigenvalue weighted by atomic mass is 9.82. The number of hydrogen-bond acceptors (Lipinski definition) is 3. The van der Waals surface area contributed by atoms with E-state index in [2.05, 4.69) is 46.0 Å². The van der Waals surface area contributed by atoms with Gasteiger partial charge in [0, 0.05) is 12.1 Å². The molecule has 0 unspecified atom stereocenters. The lowest BCUT2D eigenvalue weighted by Gasteiger charge is -2.33. The van der Waals surface area contributed by atoms with Crippen LogP contribution in [-0.4, -0.2) is 19.3 Å². The second kappa shape index (κ2) is 7.17. The SMILES string of the molecule is CCOc1ccc(CNC(C)(C)CC(C)(C)C)cc1OC. The average molecular weight is 293 g/mol. The summed E-state index contributed by atoms with van der Waals surface area (Å²) in [7, 11) is 1.68. The second-order valence-corrected chi connectivity index (χ2v) is 7.39. The fourth-order valence-corrected chi connectivity index (χ4v) is 2.83. The molecule has 1 aromatic carbocycles. The van der Waals surface area contributed by atoms with Crippen molar-refractivity contribution in [2.75, 3.05) is 13.7 Å². The van der Waals surface area contributed by atoms with Crippen LogP contribution < -0.4 is 14.8 Å². The summed E-state index contributed by atoms with van der Waals surface area (Å²) in [4.78, 5) is 0. The van der Waals surface area contributed by atoms with Gasteiger partial charge in [-0.1, -0.05) is 26.8 Å². The summed E-state index contributed by atoms with van der Waals surface area (Å²) in [5, 5.41) is 3.64. The van der Waals surface area contributed by atoms with Crippen LogP contribution in [0.15, 0.2) is 18.2 Å². The van der Waals surface area contributed by atoms with Gasteiger partial charge in [0.15, 0.2) is 11.5 Å². The third kappa shape index (κ3) is 6.38. The third-order valence-electron chi connectivity index (χ3n) is 3.27. The molecule has 21 heavy (non-hydrogen) atoms. The van der Waals surface area contributed by atoms with Crippen LogP contribution in [0.5, 0.6) is 11.5 Å². The third-order valence-corrected chi connectivity index (χ3v) is 3.27. The molecule has 3 nitrogen and oxygen atoms in total. The highest BCUT2D eigenvalue weighted by Gasteiger charge is 2.24. The molecule has 3 heteroatoms. The maximum Gasteiger partial charge on any atom is 0.161 e. The van der Waals surface area contributed by atoms with Crippen LogP contribution >= 0.6 is 0 Å². The minimum absolute atomic E-state index is 0.101. The first kappa shape index (κ1) is 17.8. The van der Waals surface area contributed by atoms with Crippen molar-refractivity contribution < 1.29 is 9.47 Å². The van der Waals surface area contributed by atoms with E-state index in [9.17, 15) is 0 Å². The zero-order valence-corrected chi connectivity index (χ0v) is 14.7. The van der Waals surface area contributed by atoms with Gasteiger partial charge in [-0.3, -0.25) is 0 Å². The van der Waals surface area contributed by atoms with E-state index in [4.69, 9.17) is 9.47 Å². The number of rotatable bonds is 7. The number of methoxy groups -OCH3 is 1. The molecule has 0 saturated heterocycles. The molecular formula is C18H31NO2. The zero-order chi connectivity index (χ0) is 16.1. The molecule has 1 aromatic rings. The van der Waals surface area contributed by atoms with Crippen molar-refractivity contribution in [2.24, 2.45) is 5.41 Å². The molecule has 0 spiro atoms. The minimum atomic E-state index is 0.101. The van der Waals surface area contributed by atoms with Gasteiger partial charge < -0.3 is 14.8 Å². The minimum Gasteiger partial charge on any atom is -0.493 e. The van der Waals surface area contributed by atoms with Crippen molar-refractivity contribution in [3.05, 3.63) is 23.8 Å². The van der Waals surface area contributed by atoms with Gasteiger partial charge in [-0.15, -0.1) is 0 Å². The Kier molecular flexibility index (Phi) is 6.09. The molecule has 0 radical (unpaired) electrons. The molecule has 0 aromatic heterocycles. The summed E-state index contributed by atoms with van der Waals surface area (Å²) in [5.41, 5.74) is 1.62. The second-order valence-electron chi connectivity index (χ2n) is 7.39. The number of ether oxygens (including phenoxy) is 2. The van der Waals surface area contributed by atoms with Gasteiger partial charge in [0.1, 0.15) is 0 Å². The van der Waals surface area contributed by atoms with E-state index in [-0.39, 0.29) is 5.54 Å². The van der Waals surface area contributed by atoms with Crippen LogP contribution in [0.25, 0.3) is 0 Å². The van der Waals surface area contributed by atoms with Gasteiger partial charge in [-0.05, 0) is 50.3 Å². The predicted octanol–water partition coefficient (Wildman–Crippen LogP) is 4.40. The highest BCUT2D eigenvalue weighted by atomic mass is 16.5. The van der Waals surface area contributed by atoms with Crippen molar-refractivity contribution in [1.29, 1.82) is 0 Å². The molecule has 0 atom stereocenters. The average Bonchev–Trinajstić information content (AvgIpc) is 2.35. The van der Waals surface area contributed by atoms with Gasteiger partial charge in [-0.2, -0.15) is 0 Å². The molecule has 1 rings (SSSR count). The summed E-state index contributed by atoms with van der Waals surface area (Å²) < 4.78 is 10.9. The van der Waals surface area contributed by atoms with E-state index in [1.165, 1.54) is 5.56 Å². The summed E-state index contributed by atoms with van der Waals surface area (Å²) in [6.45, 7) is 14.8. The first-order chi connectivity index (χ1) is 9.67. The number of hydrogen-bond donors (Lipinski definition) is 1. The maximum absolute atomic E-state index is 5.55. The Balaban J connectivity index is 2.71. The van der Waals surface area contributed by atoms with E-state index < -0.39 is 0 Å². The first-order valence-electron chi connectivity index (χ1n) is 7.71. The highest BCUT2D eigenvalue weighted by molar-refractivity contribution is 5.42. The normalized spacial score (nSPS) is 12.3. The Labute approximate surface area is 130 Å². The molecule has 0 aliphatic carbocycles. The number of nitrogens with one attached hydrogen (secondary N) is 1. The highest BCUT2D eigenvalue weighted by Crippen LogP contribution is 2.29. The number of benzene rings is 1. The summed E-state index contributed by atoms with van der Waals surface area (Å²) in [5.74, 6) is 1.60. The lowest BCUT2D eigenvalue weighted by Crippen LogP contribution is -2.41. The molecule has 0 fully saturated rings. The van der Waals surface area contributed by atoms with Crippen molar-refractivity contribution in [3.63, 3.8) is 0 Å². The molecule has 0 aliphatic heterocycles. The lowest BCUT2D eigenvalue weighted by molar-refractivity contribution is 0.240. The quantitative estimate of drug-likeness (QED) is 0.808. The van der Waals surface area contributed by atoms with Gasteiger partial charge in [-0.25, -0.2) is 0 Å². The Morgan fingerprint density at radius 2 is 1.71 bits per heavy atom. The Morgan fingerprint density at radius 1 is 1.05 bits per heavy atom. The maximum atomic E-state index is 5.55. The Morgan fingerprint density at radius 3 is 2.24 bits per heavy atom. The van der Waals surface area contributed by atoms with Crippen LogP contribution in [0.4, 0.5) is 0 Å². The topological polar surface area (TPSA) is 30.5 Å². The molecule has 0 aliphatic rings.